The molecule has 5 aromatic rings. The smallest absolute Gasteiger partial charge is 0.237 e. The predicted octanol–water partition coefficient (Wildman–Crippen LogP) is 6.64. The van der Waals surface area contributed by atoms with Crippen molar-refractivity contribution in [2.24, 2.45) is 0 Å². The Morgan fingerprint density at radius 1 is 0.955 bits per heavy atom. The maximum atomic E-state index is 7.29. The second-order valence-electron chi connectivity index (χ2n) is 12.0. The SMILES string of the molecule is C=CC1(C(O[Si]C(C)(C)C)(c2ccccc2)c2ccccc2)OC(n2cnc3c(N)ncnc32)CC1OCc1ccccc1. The molecule has 0 aliphatic carbocycles. The van der Waals surface area contributed by atoms with Crippen molar-refractivity contribution in [3.05, 3.63) is 133 Å². The van der Waals surface area contributed by atoms with E-state index in [1.807, 2.05) is 65.2 Å². The van der Waals surface area contributed by atoms with E-state index in [0.29, 0.717) is 30.0 Å². The fourth-order valence-corrected chi connectivity index (χ4v) is 6.80. The van der Waals surface area contributed by atoms with Gasteiger partial charge < -0.3 is 19.6 Å². The molecule has 2 aromatic heterocycles. The highest BCUT2D eigenvalue weighted by molar-refractivity contribution is 6.32. The summed E-state index contributed by atoms with van der Waals surface area (Å²) in [6.45, 7) is 11.3. The number of nitrogen functional groups attached to an aromatic ring is 1. The second-order valence-corrected chi connectivity index (χ2v) is 13.9. The summed E-state index contributed by atoms with van der Waals surface area (Å²) in [5, 5.41) is -0.120. The van der Waals surface area contributed by atoms with Crippen molar-refractivity contribution < 1.29 is 13.9 Å². The van der Waals surface area contributed by atoms with Crippen LogP contribution in [0.1, 0.15) is 50.1 Å². The third kappa shape index (κ3) is 5.37. The minimum atomic E-state index is -1.18. The molecule has 0 spiro atoms. The molecule has 9 heteroatoms. The van der Waals surface area contributed by atoms with E-state index in [1.165, 1.54) is 6.33 Å². The summed E-state index contributed by atoms with van der Waals surface area (Å²) in [6.07, 6.45) is 4.52. The summed E-state index contributed by atoms with van der Waals surface area (Å²) in [5.41, 5.74) is 7.92. The molecule has 0 amide bonds. The van der Waals surface area contributed by atoms with Crippen LogP contribution in [0.15, 0.2) is 116 Å². The number of nitrogens with zero attached hydrogens (tertiary/aromatic N) is 4. The zero-order chi connectivity index (χ0) is 30.8. The molecule has 8 nitrogen and oxygen atoms in total. The van der Waals surface area contributed by atoms with Crippen LogP contribution in [0.4, 0.5) is 5.82 Å². The molecule has 1 fully saturated rings. The lowest BCUT2D eigenvalue weighted by molar-refractivity contribution is -0.176. The normalized spacial score (nSPS) is 20.6. The van der Waals surface area contributed by atoms with Gasteiger partial charge in [0.15, 0.2) is 17.1 Å². The summed E-state index contributed by atoms with van der Waals surface area (Å²) in [4.78, 5) is 13.2. The van der Waals surface area contributed by atoms with Crippen molar-refractivity contribution in [2.75, 3.05) is 5.73 Å². The maximum absolute atomic E-state index is 7.29. The van der Waals surface area contributed by atoms with Crippen LogP contribution in [-0.4, -0.2) is 41.0 Å². The van der Waals surface area contributed by atoms with Gasteiger partial charge in [-0.2, -0.15) is 0 Å². The van der Waals surface area contributed by atoms with Gasteiger partial charge in [0.05, 0.1) is 19.0 Å². The van der Waals surface area contributed by atoms with E-state index < -0.39 is 23.5 Å². The molecular formula is C35H37N5O3Si. The minimum Gasteiger partial charge on any atom is -0.401 e. The highest BCUT2D eigenvalue weighted by atomic mass is 28.2. The van der Waals surface area contributed by atoms with Crippen molar-refractivity contribution >= 4 is 26.7 Å². The van der Waals surface area contributed by atoms with Crippen molar-refractivity contribution in [3.8, 4) is 0 Å². The first kappa shape index (κ1) is 29.9. The van der Waals surface area contributed by atoms with Crippen molar-refractivity contribution in [1.82, 2.24) is 19.5 Å². The molecule has 3 unspecified atom stereocenters. The molecule has 2 radical (unpaired) electrons. The van der Waals surface area contributed by atoms with E-state index in [-0.39, 0.29) is 14.8 Å². The number of anilines is 1. The maximum Gasteiger partial charge on any atom is 0.237 e. The Labute approximate surface area is 260 Å². The number of rotatable bonds is 10. The van der Waals surface area contributed by atoms with Crippen molar-refractivity contribution in [3.63, 3.8) is 0 Å². The van der Waals surface area contributed by atoms with Gasteiger partial charge in [0, 0.05) is 6.42 Å². The molecule has 6 rings (SSSR count). The standard InChI is InChI=1S/C35H37N5O3Si/c1-5-34(35(43-44-33(2,3)4,26-17-11-7-12-18-26)27-19-13-8-14-20-27)28(41-22-25-15-9-6-10-16-25)21-29(42-34)40-24-39-30-31(36)37-23-38-32(30)40/h5-20,23-24,28-29H,1,21-22H2,2-4H3,(H2,36,37,38). The first-order chi connectivity index (χ1) is 21.3. The Bertz CT molecular complexity index is 1670. The highest BCUT2D eigenvalue weighted by Gasteiger charge is 2.64. The van der Waals surface area contributed by atoms with Gasteiger partial charge in [0.25, 0.3) is 0 Å². The lowest BCUT2D eigenvalue weighted by Crippen LogP contribution is -2.60. The fraction of sp³-hybridized carbons (Fsp3) is 0.286. The van der Waals surface area contributed by atoms with Gasteiger partial charge in [-0.15, -0.1) is 0 Å². The molecule has 224 valence electrons. The molecule has 3 heterocycles. The number of aromatic nitrogens is 4. The Morgan fingerprint density at radius 3 is 2.16 bits per heavy atom. The topological polar surface area (TPSA) is 97.3 Å². The summed E-state index contributed by atoms with van der Waals surface area (Å²) in [5.74, 6) is 0.316. The highest BCUT2D eigenvalue weighted by Crippen LogP contribution is 2.55. The summed E-state index contributed by atoms with van der Waals surface area (Å²) >= 11 is 0. The van der Waals surface area contributed by atoms with Gasteiger partial charge in [-0.05, 0) is 21.7 Å². The predicted molar refractivity (Wildman–Crippen MR) is 173 cm³/mol. The second kappa shape index (κ2) is 12.1. The first-order valence-electron chi connectivity index (χ1n) is 14.7. The van der Waals surface area contributed by atoms with Crippen LogP contribution in [-0.2, 0) is 26.1 Å². The number of nitrogens with two attached hydrogens (primary N) is 1. The summed E-state index contributed by atoms with van der Waals surface area (Å²) in [6, 6.07) is 30.7. The average Bonchev–Trinajstić information content (AvgIpc) is 3.65. The van der Waals surface area contributed by atoms with Gasteiger partial charge in [-0.25, -0.2) is 15.0 Å². The minimum absolute atomic E-state index is 0.120. The van der Waals surface area contributed by atoms with E-state index in [4.69, 9.17) is 19.6 Å². The van der Waals surface area contributed by atoms with Crippen LogP contribution >= 0.6 is 0 Å². The largest absolute Gasteiger partial charge is 0.401 e. The zero-order valence-electron chi connectivity index (χ0n) is 25.3. The third-order valence-corrected chi connectivity index (χ3v) is 8.96. The number of hydrogen-bond donors (Lipinski definition) is 1. The monoisotopic (exact) mass is 603 g/mol. The summed E-state index contributed by atoms with van der Waals surface area (Å²) < 4.78 is 23.4. The van der Waals surface area contributed by atoms with E-state index >= 15 is 0 Å². The van der Waals surface area contributed by atoms with Gasteiger partial charge in [0.2, 0.25) is 9.76 Å². The lowest BCUT2D eigenvalue weighted by atomic mass is 9.70. The average molecular weight is 604 g/mol. The number of hydrogen-bond acceptors (Lipinski definition) is 7. The summed E-state index contributed by atoms with van der Waals surface area (Å²) in [7, 11) is 0.127. The number of fused-ring (bicyclic) bond motifs is 1. The first-order valence-corrected chi connectivity index (χ1v) is 15.6. The molecule has 1 aliphatic heterocycles. The molecule has 1 aliphatic rings. The Kier molecular flexibility index (Phi) is 8.21. The molecule has 2 N–H and O–H groups in total. The fourth-order valence-electron chi connectivity index (χ4n) is 5.95. The van der Waals surface area contributed by atoms with Crippen LogP contribution in [0.3, 0.4) is 0 Å². The van der Waals surface area contributed by atoms with Gasteiger partial charge in [-0.1, -0.05) is 124 Å². The van der Waals surface area contributed by atoms with Crippen LogP contribution < -0.4 is 5.73 Å². The van der Waals surface area contributed by atoms with Crippen molar-refractivity contribution in [1.29, 1.82) is 0 Å². The number of ether oxygens (including phenoxy) is 2. The Balaban J connectivity index is 1.57. The van der Waals surface area contributed by atoms with Crippen molar-refractivity contribution in [2.45, 2.75) is 62.4 Å². The number of imidazole rings is 1. The van der Waals surface area contributed by atoms with Gasteiger partial charge >= 0.3 is 0 Å². The molecule has 0 bridgehead atoms. The van der Waals surface area contributed by atoms with E-state index in [2.05, 4.69) is 78.7 Å². The molecule has 3 atom stereocenters. The van der Waals surface area contributed by atoms with Crippen LogP contribution in [0.25, 0.3) is 11.2 Å². The van der Waals surface area contributed by atoms with Gasteiger partial charge in [-0.3, -0.25) is 4.57 Å². The molecule has 1 saturated heterocycles. The van der Waals surface area contributed by atoms with Crippen LogP contribution in [0.5, 0.6) is 0 Å². The lowest BCUT2D eigenvalue weighted by Gasteiger charge is -2.50. The molecule has 0 saturated carbocycles. The van der Waals surface area contributed by atoms with Crippen LogP contribution in [0, 0.1) is 0 Å². The van der Waals surface area contributed by atoms with E-state index in [0.717, 1.165) is 16.7 Å². The number of benzene rings is 3. The molecule has 3 aromatic carbocycles. The zero-order valence-corrected chi connectivity index (χ0v) is 26.3. The Hall–Kier alpha value is -4.15. The Morgan fingerprint density at radius 2 is 1.57 bits per heavy atom. The van der Waals surface area contributed by atoms with Gasteiger partial charge in [0.1, 0.15) is 23.7 Å². The quantitative estimate of drug-likeness (QED) is 0.141. The third-order valence-electron chi connectivity index (χ3n) is 7.94. The van der Waals surface area contributed by atoms with Crippen LogP contribution in [0.2, 0.25) is 5.04 Å². The molecule has 44 heavy (non-hydrogen) atoms. The molecular weight excluding hydrogens is 567 g/mol. The van der Waals surface area contributed by atoms with E-state index in [1.54, 1.807) is 6.33 Å². The van der Waals surface area contributed by atoms with E-state index in [9.17, 15) is 0 Å².